The molecular weight excluding hydrogens is 340 g/mol. The summed E-state index contributed by atoms with van der Waals surface area (Å²) in [6, 6.07) is 12.6. The number of morpholine rings is 1. The van der Waals surface area contributed by atoms with E-state index in [-0.39, 0.29) is 12.0 Å². The van der Waals surface area contributed by atoms with Gasteiger partial charge in [0.1, 0.15) is 0 Å². The second-order valence-corrected chi connectivity index (χ2v) is 7.55. The first kappa shape index (κ1) is 21.4. The van der Waals surface area contributed by atoms with E-state index in [4.69, 9.17) is 10.00 Å². The zero-order valence-electron chi connectivity index (χ0n) is 16.6. The van der Waals surface area contributed by atoms with Gasteiger partial charge in [0.2, 0.25) is 5.91 Å². The van der Waals surface area contributed by atoms with Crippen molar-refractivity contribution in [2.24, 2.45) is 5.92 Å². The Kier molecular flexibility index (Phi) is 9.26. The molecule has 6 heteroatoms. The summed E-state index contributed by atoms with van der Waals surface area (Å²) in [5, 5.41) is 11.8. The van der Waals surface area contributed by atoms with Crippen LogP contribution in [0.2, 0.25) is 0 Å². The van der Waals surface area contributed by atoms with Crippen LogP contribution in [0.25, 0.3) is 0 Å². The molecule has 1 heterocycles. The maximum atomic E-state index is 12.3. The number of rotatable bonds is 10. The van der Waals surface area contributed by atoms with E-state index in [1.54, 1.807) is 0 Å². The number of nitrogens with one attached hydrogen (secondary N) is 1. The Hall–Kier alpha value is -1.94. The Morgan fingerprint density at radius 2 is 2.19 bits per heavy atom. The first-order chi connectivity index (χ1) is 13.1. The monoisotopic (exact) mass is 372 g/mol. The fourth-order valence-electron chi connectivity index (χ4n) is 3.34. The highest BCUT2D eigenvalue weighted by Gasteiger charge is 2.21. The SMILES string of the molecule is CC(C)CN(CCC#N)CC(=O)NCC1CN(Cc2ccccc2)CCO1. The Balaban J connectivity index is 1.74. The van der Waals surface area contributed by atoms with Gasteiger partial charge in [0.05, 0.1) is 25.3 Å². The highest BCUT2D eigenvalue weighted by Crippen LogP contribution is 2.10. The smallest absolute Gasteiger partial charge is 0.234 e. The Morgan fingerprint density at radius 3 is 2.89 bits per heavy atom. The third-order valence-corrected chi connectivity index (χ3v) is 4.53. The molecule has 6 nitrogen and oxygen atoms in total. The number of nitrogens with zero attached hydrogens (tertiary/aromatic N) is 3. The molecule has 0 saturated carbocycles. The number of carbonyl (C=O) groups is 1. The summed E-state index contributed by atoms with van der Waals surface area (Å²) in [6.45, 7) is 9.88. The van der Waals surface area contributed by atoms with Crippen molar-refractivity contribution >= 4 is 5.91 Å². The first-order valence-corrected chi connectivity index (χ1v) is 9.80. The summed E-state index contributed by atoms with van der Waals surface area (Å²) in [6.07, 6.45) is 0.462. The molecule has 1 saturated heterocycles. The fourth-order valence-corrected chi connectivity index (χ4v) is 3.34. The van der Waals surface area contributed by atoms with Gasteiger partial charge in [0.15, 0.2) is 0 Å². The molecule has 0 radical (unpaired) electrons. The third kappa shape index (κ3) is 8.53. The molecule has 0 aromatic heterocycles. The molecule has 1 aliphatic heterocycles. The summed E-state index contributed by atoms with van der Waals surface area (Å²) < 4.78 is 5.82. The molecule has 0 bridgehead atoms. The summed E-state index contributed by atoms with van der Waals surface area (Å²) in [5.41, 5.74) is 1.30. The van der Waals surface area contributed by atoms with E-state index >= 15 is 0 Å². The Morgan fingerprint density at radius 1 is 1.41 bits per heavy atom. The lowest BCUT2D eigenvalue weighted by atomic mass is 10.2. The number of nitriles is 1. The minimum Gasteiger partial charge on any atom is -0.374 e. The maximum absolute atomic E-state index is 12.3. The molecule has 2 rings (SSSR count). The highest BCUT2D eigenvalue weighted by atomic mass is 16.5. The average Bonchev–Trinajstić information content (AvgIpc) is 2.65. The molecule has 0 aliphatic carbocycles. The highest BCUT2D eigenvalue weighted by molar-refractivity contribution is 5.78. The molecular formula is C21H32N4O2. The molecule has 1 N–H and O–H groups in total. The van der Waals surface area contributed by atoms with Crippen molar-refractivity contribution in [1.82, 2.24) is 15.1 Å². The second kappa shape index (κ2) is 11.7. The number of benzene rings is 1. The maximum Gasteiger partial charge on any atom is 0.234 e. The molecule has 148 valence electrons. The number of carbonyl (C=O) groups excluding carboxylic acids is 1. The van der Waals surface area contributed by atoms with Gasteiger partial charge in [-0.15, -0.1) is 0 Å². The molecule has 0 spiro atoms. The predicted molar refractivity (Wildman–Crippen MR) is 106 cm³/mol. The van der Waals surface area contributed by atoms with Crippen LogP contribution in [0, 0.1) is 17.2 Å². The van der Waals surface area contributed by atoms with Crippen molar-refractivity contribution in [3.05, 3.63) is 35.9 Å². The van der Waals surface area contributed by atoms with Crippen molar-refractivity contribution in [1.29, 1.82) is 5.26 Å². The molecule has 1 atom stereocenters. The van der Waals surface area contributed by atoms with E-state index in [2.05, 4.69) is 54.4 Å². The van der Waals surface area contributed by atoms with Gasteiger partial charge in [-0.1, -0.05) is 44.2 Å². The number of hydrogen-bond acceptors (Lipinski definition) is 5. The van der Waals surface area contributed by atoms with Crippen molar-refractivity contribution in [2.45, 2.75) is 32.9 Å². The summed E-state index contributed by atoms with van der Waals surface area (Å²) >= 11 is 0. The van der Waals surface area contributed by atoms with Gasteiger partial charge in [-0.3, -0.25) is 14.6 Å². The van der Waals surface area contributed by atoms with Crippen molar-refractivity contribution in [3.63, 3.8) is 0 Å². The second-order valence-electron chi connectivity index (χ2n) is 7.55. The molecule has 1 aliphatic rings. The number of ether oxygens (including phenoxy) is 1. The lowest BCUT2D eigenvalue weighted by Crippen LogP contribution is -2.48. The van der Waals surface area contributed by atoms with Crippen molar-refractivity contribution < 1.29 is 9.53 Å². The third-order valence-electron chi connectivity index (χ3n) is 4.53. The number of hydrogen-bond donors (Lipinski definition) is 1. The minimum absolute atomic E-state index is 0.00243. The topological polar surface area (TPSA) is 68.6 Å². The van der Waals surface area contributed by atoms with Crippen LogP contribution in [0.1, 0.15) is 25.8 Å². The Labute approximate surface area is 163 Å². The normalized spacial score (nSPS) is 17.8. The van der Waals surface area contributed by atoms with Gasteiger partial charge in [0.25, 0.3) is 0 Å². The van der Waals surface area contributed by atoms with Crippen LogP contribution in [-0.2, 0) is 16.1 Å². The molecule has 1 fully saturated rings. The van der Waals surface area contributed by atoms with Crippen LogP contribution in [-0.4, -0.2) is 67.7 Å². The first-order valence-electron chi connectivity index (χ1n) is 9.80. The average molecular weight is 373 g/mol. The van der Waals surface area contributed by atoms with E-state index in [1.807, 2.05) is 11.0 Å². The van der Waals surface area contributed by atoms with E-state index in [0.29, 0.717) is 38.6 Å². The Bertz CT molecular complexity index is 600. The summed E-state index contributed by atoms with van der Waals surface area (Å²) in [4.78, 5) is 16.7. The van der Waals surface area contributed by atoms with Crippen LogP contribution >= 0.6 is 0 Å². The van der Waals surface area contributed by atoms with E-state index in [1.165, 1.54) is 5.56 Å². The summed E-state index contributed by atoms with van der Waals surface area (Å²) in [7, 11) is 0. The zero-order chi connectivity index (χ0) is 19.5. The van der Waals surface area contributed by atoms with Crippen LogP contribution < -0.4 is 5.32 Å². The lowest BCUT2D eigenvalue weighted by Gasteiger charge is -2.33. The quantitative estimate of drug-likeness (QED) is 0.679. The van der Waals surface area contributed by atoms with Crippen LogP contribution in [0.15, 0.2) is 30.3 Å². The van der Waals surface area contributed by atoms with Crippen molar-refractivity contribution in [2.75, 3.05) is 45.9 Å². The standard InChI is InChI=1S/C21H32N4O2/c1-18(2)14-24(10-6-9-22)17-21(26)23-13-20-16-25(11-12-27-20)15-19-7-4-3-5-8-19/h3-5,7-8,18,20H,6,10-17H2,1-2H3,(H,23,26). The molecule has 1 amide bonds. The predicted octanol–water partition coefficient (Wildman–Crippen LogP) is 1.88. The fraction of sp³-hybridized carbons (Fsp3) is 0.619. The molecule has 27 heavy (non-hydrogen) atoms. The largest absolute Gasteiger partial charge is 0.374 e. The van der Waals surface area contributed by atoms with Gasteiger partial charge >= 0.3 is 0 Å². The van der Waals surface area contributed by atoms with Gasteiger partial charge in [-0.2, -0.15) is 5.26 Å². The van der Waals surface area contributed by atoms with Crippen LogP contribution in [0.5, 0.6) is 0 Å². The molecule has 1 aromatic rings. The van der Waals surface area contributed by atoms with E-state index < -0.39 is 0 Å². The van der Waals surface area contributed by atoms with Crippen LogP contribution in [0.3, 0.4) is 0 Å². The summed E-state index contributed by atoms with van der Waals surface area (Å²) in [5.74, 6) is 0.460. The van der Waals surface area contributed by atoms with E-state index in [9.17, 15) is 4.79 Å². The minimum atomic E-state index is -0.00243. The zero-order valence-corrected chi connectivity index (χ0v) is 16.6. The molecule has 1 unspecified atom stereocenters. The molecule has 1 aromatic carbocycles. The van der Waals surface area contributed by atoms with Gasteiger partial charge < -0.3 is 10.1 Å². The van der Waals surface area contributed by atoms with Crippen LogP contribution in [0.4, 0.5) is 0 Å². The van der Waals surface area contributed by atoms with E-state index in [0.717, 1.165) is 26.2 Å². The lowest BCUT2D eigenvalue weighted by molar-refractivity contribution is -0.123. The van der Waals surface area contributed by atoms with Gasteiger partial charge in [0, 0.05) is 45.7 Å². The van der Waals surface area contributed by atoms with Gasteiger partial charge in [-0.05, 0) is 11.5 Å². The van der Waals surface area contributed by atoms with Crippen molar-refractivity contribution in [3.8, 4) is 6.07 Å². The number of amides is 1. The van der Waals surface area contributed by atoms with Gasteiger partial charge in [-0.25, -0.2) is 0 Å².